The van der Waals surface area contributed by atoms with Gasteiger partial charge in [0.05, 0.1) is 24.0 Å². The Bertz CT molecular complexity index is 1120. The van der Waals surface area contributed by atoms with Crippen molar-refractivity contribution in [3.8, 4) is 5.75 Å². The van der Waals surface area contributed by atoms with Crippen molar-refractivity contribution in [1.29, 1.82) is 0 Å². The lowest BCUT2D eigenvalue weighted by molar-refractivity contribution is -0.126. The van der Waals surface area contributed by atoms with Crippen LogP contribution in [-0.2, 0) is 14.4 Å². The molecule has 3 heterocycles. The number of anilines is 2. The largest absolute Gasteiger partial charge is 0.494 e. The maximum absolute atomic E-state index is 13.6. The fourth-order valence-electron chi connectivity index (χ4n) is 4.39. The highest BCUT2D eigenvalue weighted by atomic mass is 16.7. The first kappa shape index (κ1) is 21.2. The van der Waals surface area contributed by atoms with Gasteiger partial charge in [-0.2, -0.15) is 0 Å². The number of pyridine rings is 1. The van der Waals surface area contributed by atoms with Crippen LogP contribution < -0.4 is 14.7 Å². The van der Waals surface area contributed by atoms with Gasteiger partial charge >= 0.3 is 0 Å². The summed E-state index contributed by atoms with van der Waals surface area (Å²) in [5.41, 5.74) is 2.17. The van der Waals surface area contributed by atoms with Gasteiger partial charge in [0.15, 0.2) is 6.10 Å². The molecule has 2 aliphatic heterocycles. The molecule has 33 heavy (non-hydrogen) atoms. The maximum atomic E-state index is 13.6. The third kappa shape index (κ3) is 3.85. The Morgan fingerprint density at radius 1 is 0.909 bits per heavy atom. The molecule has 1 aromatic heterocycles. The number of carbonyl (C=O) groups excluding carboxylic acids is 2. The molecule has 3 aromatic rings. The fourth-order valence-corrected chi connectivity index (χ4v) is 4.39. The number of carbonyl (C=O) groups is 2. The van der Waals surface area contributed by atoms with Gasteiger partial charge in [-0.05, 0) is 60.5 Å². The smallest absolute Gasteiger partial charge is 0.266 e. The number of para-hydroxylation sites is 1. The van der Waals surface area contributed by atoms with Crippen molar-refractivity contribution >= 4 is 23.2 Å². The molecule has 7 heteroatoms. The van der Waals surface area contributed by atoms with E-state index in [4.69, 9.17) is 9.57 Å². The molecular weight excluding hydrogens is 418 g/mol. The van der Waals surface area contributed by atoms with Crippen LogP contribution >= 0.6 is 0 Å². The molecule has 168 valence electrons. The van der Waals surface area contributed by atoms with E-state index in [1.165, 1.54) is 4.90 Å². The number of imide groups is 1. The number of aromatic nitrogens is 1. The lowest BCUT2D eigenvalue weighted by Gasteiger charge is -2.28. The molecule has 7 nitrogen and oxygen atoms in total. The van der Waals surface area contributed by atoms with E-state index in [1.54, 1.807) is 41.7 Å². The van der Waals surface area contributed by atoms with E-state index in [9.17, 15) is 9.59 Å². The van der Waals surface area contributed by atoms with Crippen molar-refractivity contribution in [3.63, 3.8) is 0 Å². The number of ether oxygens (including phenoxy) is 1. The summed E-state index contributed by atoms with van der Waals surface area (Å²) in [5.74, 6) is -0.583. The zero-order chi connectivity index (χ0) is 22.8. The van der Waals surface area contributed by atoms with E-state index in [0.29, 0.717) is 18.0 Å². The first-order valence-corrected chi connectivity index (χ1v) is 11.2. The van der Waals surface area contributed by atoms with E-state index >= 15 is 0 Å². The summed E-state index contributed by atoms with van der Waals surface area (Å²) in [7, 11) is 0. The highest BCUT2D eigenvalue weighted by Crippen LogP contribution is 2.47. The van der Waals surface area contributed by atoms with Crippen molar-refractivity contribution in [1.82, 2.24) is 4.98 Å². The van der Waals surface area contributed by atoms with Crippen molar-refractivity contribution in [3.05, 3.63) is 84.7 Å². The molecule has 0 spiro atoms. The Labute approximate surface area is 192 Å². The number of nitrogens with zero attached hydrogens (tertiary/aromatic N) is 3. The quantitative estimate of drug-likeness (QED) is 0.400. The number of rotatable bonds is 7. The van der Waals surface area contributed by atoms with Crippen LogP contribution in [0.2, 0.25) is 0 Å². The summed E-state index contributed by atoms with van der Waals surface area (Å²) < 4.78 is 5.70. The van der Waals surface area contributed by atoms with Crippen molar-refractivity contribution in [2.45, 2.75) is 31.9 Å². The molecule has 5 rings (SSSR count). The molecule has 0 saturated carbocycles. The van der Waals surface area contributed by atoms with E-state index < -0.39 is 18.1 Å². The van der Waals surface area contributed by atoms with E-state index in [2.05, 4.69) is 11.9 Å². The molecule has 0 aliphatic carbocycles. The summed E-state index contributed by atoms with van der Waals surface area (Å²) in [6, 6.07) is 19.8. The van der Waals surface area contributed by atoms with Crippen LogP contribution in [0.1, 0.15) is 31.4 Å². The Hall–Kier alpha value is -3.71. The second-order valence-electron chi connectivity index (χ2n) is 8.15. The van der Waals surface area contributed by atoms with E-state index in [1.807, 2.05) is 42.5 Å². The molecule has 2 saturated heterocycles. The fraction of sp³-hybridized carbons (Fsp3) is 0.269. The number of hydrogen-bond donors (Lipinski definition) is 0. The Balaban J connectivity index is 1.45. The third-order valence-electron chi connectivity index (χ3n) is 6.04. The summed E-state index contributed by atoms with van der Waals surface area (Å²) in [6.45, 7) is 2.74. The topological polar surface area (TPSA) is 72.0 Å². The van der Waals surface area contributed by atoms with Gasteiger partial charge in [-0.25, -0.2) is 9.96 Å². The second-order valence-corrected chi connectivity index (χ2v) is 8.15. The molecule has 2 aliphatic rings. The SMILES string of the molecule is CCCCOc1ccc(N2C(=O)[C@H]3[C@H](ON(c4ccccc4)[C@@H]3c3ccncc3)C2=O)cc1. The first-order chi connectivity index (χ1) is 16.2. The number of hydrogen-bond acceptors (Lipinski definition) is 6. The van der Waals surface area contributed by atoms with Gasteiger partial charge in [-0.3, -0.25) is 19.4 Å². The van der Waals surface area contributed by atoms with Gasteiger partial charge in [-0.15, -0.1) is 0 Å². The van der Waals surface area contributed by atoms with Crippen molar-refractivity contribution < 1.29 is 19.2 Å². The molecule has 0 bridgehead atoms. The monoisotopic (exact) mass is 443 g/mol. The van der Waals surface area contributed by atoms with Crippen LogP contribution in [0, 0.1) is 5.92 Å². The number of unbranched alkanes of at least 4 members (excludes halogenated alkanes) is 1. The predicted molar refractivity (Wildman–Crippen MR) is 124 cm³/mol. The molecule has 0 unspecified atom stereocenters. The van der Waals surface area contributed by atoms with Crippen molar-refractivity contribution in [2.75, 3.05) is 16.6 Å². The summed E-state index contributed by atoms with van der Waals surface area (Å²) in [5, 5.41) is 1.68. The van der Waals surface area contributed by atoms with Crippen molar-refractivity contribution in [2.24, 2.45) is 5.92 Å². The molecular formula is C26H25N3O4. The minimum atomic E-state index is -0.892. The van der Waals surface area contributed by atoms with Gasteiger partial charge < -0.3 is 4.74 Å². The predicted octanol–water partition coefficient (Wildman–Crippen LogP) is 4.31. The standard InChI is InChI=1S/C26H25N3O4/c1-2-3-17-32-21-11-9-19(10-12-21)28-25(30)22-23(18-13-15-27-16-14-18)29(33-24(22)26(28)31)20-7-5-4-6-8-20/h4-16,22-24H,2-3,17H2,1H3/t22-,23-,24+/m1/s1. The molecule has 0 radical (unpaired) electrons. The van der Waals surface area contributed by atoms with Gasteiger partial charge in [0.1, 0.15) is 11.7 Å². The molecule has 2 aromatic carbocycles. The highest BCUT2D eigenvalue weighted by Gasteiger charge is 2.60. The maximum Gasteiger partial charge on any atom is 0.266 e. The second kappa shape index (κ2) is 9.03. The number of fused-ring (bicyclic) bond motifs is 1. The van der Waals surface area contributed by atoms with Crippen LogP contribution in [-0.4, -0.2) is 29.5 Å². The van der Waals surface area contributed by atoms with Gasteiger partial charge in [0.2, 0.25) is 5.91 Å². The van der Waals surface area contributed by atoms with Gasteiger partial charge in [-0.1, -0.05) is 31.5 Å². The normalized spacial score (nSPS) is 22.0. The molecule has 3 atom stereocenters. The third-order valence-corrected chi connectivity index (χ3v) is 6.04. The Morgan fingerprint density at radius 3 is 2.33 bits per heavy atom. The Kier molecular flexibility index (Phi) is 5.79. The van der Waals surface area contributed by atoms with Crippen LogP contribution in [0.15, 0.2) is 79.1 Å². The zero-order valence-electron chi connectivity index (χ0n) is 18.3. The van der Waals surface area contributed by atoms with E-state index in [-0.39, 0.29) is 11.8 Å². The number of benzene rings is 2. The minimum absolute atomic E-state index is 0.273. The van der Waals surface area contributed by atoms with Gasteiger partial charge in [0.25, 0.3) is 5.91 Å². The molecule has 2 fully saturated rings. The lowest BCUT2D eigenvalue weighted by atomic mass is 9.91. The molecule has 0 N–H and O–H groups in total. The average molecular weight is 444 g/mol. The lowest BCUT2D eigenvalue weighted by Crippen LogP contribution is -2.37. The minimum Gasteiger partial charge on any atom is -0.494 e. The summed E-state index contributed by atoms with van der Waals surface area (Å²) >= 11 is 0. The summed E-state index contributed by atoms with van der Waals surface area (Å²) in [4.78, 5) is 38.4. The van der Waals surface area contributed by atoms with Crippen LogP contribution in [0.4, 0.5) is 11.4 Å². The van der Waals surface area contributed by atoms with E-state index in [0.717, 1.165) is 24.1 Å². The summed E-state index contributed by atoms with van der Waals surface area (Å²) in [6.07, 6.45) is 4.50. The van der Waals surface area contributed by atoms with Crippen LogP contribution in [0.3, 0.4) is 0 Å². The number of amides is 2. The van der Waals surface area contributed by atoms with Crippen LogP contribution in [0.5, 0.6) is 5.75 Å². The van der Waals surface area contributed by atoms with Crippen LogP contribution in [0.25, 0.3) is 0 Å². The van der Waals surface area contributed by atoms with Gasteiger partial charge in [0, 0.05) is 12.4 Å². The zero-order valence-corrected chi connectivity index (χ0v) is 18.3. The number of hydroxylamine groups is 1. The Morgan fingerprint density at radius 2 is 1.64 bits per heavy atom. The molecule has 2 amide bonds. The average Bonchev–Trinajstić information content (AvgIpc) is 3.37. The highest BCUT2D eigenvalue weighted by molar-refractivity contribution is 6.23. The first-order valence-electron chi connectivity index (χ1n) is 11.2.